The fraction of sp³-hybridized carbons (Fsp3) is 0.545. The van der Waals surface area contributed by atoms with Gasteiger partial charge in [-0.1, -0.05) is 0 Å². The van der Waals surface area contributed by atoms with Gasteiger partial charge in [0.2, 0.25) is 0 Å². The van der Waals surface area contributed by atoms with Crippen molar-refractivity contribution in [1.82, 2.24) is 24.9 Å². The number of nitrogens with zero attached hydrogens (tertiary/aromatic N) is 4. The van der Waals surface area contributed by atoms with E-state index in [2.05, 4.69) is 31.8 Å². The van der Waals surface area contributed by atoms with Crippen molar-refractivity contribution in [3.8, 4) is 0 Å². The smallest absolute Gasteiger partial charge is 0.179 e. The highest BCUT2D eigenvalue weighted by atomic mass is 15.3. The lowest BCUT2D eigenvalue weighted by atomic mass is 9.92. The first kappa shape index (κ1) is 9.72. The van der Waals surface area contributed by atoms with Crippen molar-refractivity contribution in [2.45, 2.75) is 31.7 Å². The maximum absolute atomic E-state index is 4.30. The predicted molar refractivity (Wildman–Crippen MR) is 60.2 cm³/mol. The highest BCUT2D eigenvalue weighted by molar-refractivity contribution is 5.34. The molecule has 2 aromatic heterocycles. The average Bonchev–Trinajstić information content (AvgIpc) is 2.72. The third-order valence-electron chi connectivity index (χ3n) is 3.23. The van der Waals surface area contributed by atoms with Crippen LogP contribution < -0.4 is 5.32 Å². The molecule has 3 rings (SSSR count). The minimum Gasteiger partial charge on any atom is -0.314 e. The summed E-state index contributed by atoms with van der Waals surface area (Å²) in [6, 6.07) is 0.563. The number of nitrogens with one attached hydrogen (secondary N) is 1. The van der Waals surface area contributed by atoms with Gasteiger partial charge in [-0.05, 0) is 26.3 Å². The molecule has 3 heterocycles. The summed E-state index contributed by atoms with van der Waals surface area (Å²) in [5.74, 6) is 1.58. The van der Waals surface area contributed by atoms with Crippen LogP contribution >= 0.6 is 0 Å². The van der Waals surface area contributed by atoms with E-state index in [0.717, 1.165) is 30.9 Å². The van der Waals surface area contributed by atoms with E-state index in [4.69, 9.17) is 0 Å². The van der Waals surface area contributed by atoms with E-state index in [0.29, 0.717) is 12.0 Å². The van der Waals surface area contributed by atoms with Gasteiger partial charge in [-0.3, -0.25) is 9.38 Å². The normalized spacial score (nSPS) is 26.1. The van der Waals surface area contributed by atoms with Crippen molar-refractivity contribution in [3.05, 3.63) is 24.4 Å². The highest BCUT2D eigenvalue weighted by Gasteiger charge is 2.23. The second-order valence-corrected chi connectivity index (χ2v) is 4.44. The van der Waals surface area contributed by atoms with Crippen molar-refractivity contribution in [3.63, 3.8) is 0 Å². The molecule has 5 heteroatoms. The van der Waals surface area contributed by atoms with E-state index in [1.54, 1.807) is 12.4 Å². The van der Waals surface area contributed by atoms with Gasteiger partial charge in [-0.25, -0.2) is 0 Å². The lowest BCUT2D eigenvalue weighted by Crippen LogP contribution is -2.35. The topological polar surface area (TPSA) is 55.1 Å². The highest BCUT2D eigenvalue weighted by Crippen LogP contribution is 2.26. The zero-order valence-electron chi connectivity index (χ0n) is 9.30. The Morgan fingerprint density at radius 2 is 2.38 bits per heavy atom. The summed E-state index contributed by atoms with van der Waals surface area (Å²) in [6.45, 7) is 3.28. The third-order valence-corrected chi connectivity index (χ3v) is 3.23. The van der Waals surface area contributed by atoms with Gasteiger partial charge in [0, 0.05) is 24.4 Å². The monoisotopic (exact) mass is 217 g/mol. The summed E-state index contributed by atoms with van der Waals surface area (Å²) in [5, 5.41) is 11.9. The van der Waals surface area contributed by atoms with Gasteiger partial charge in [-0.15, -0.1) is 10.2 Å². The Balaban J connectivity index is 1.99. The molecule has 1 N–H and O–H groups in total. The van der Waals surface area contributed by atoms with E-state index in [1.165, 1.54) is 0 Å². The number of piperidine rings is 1. The molecule has 16 heavy (non-hydrogen) atoms. The van der Waals surface area contributed by atoms with Crippen LogP contribution in [0.25, 0.3) is 5.65 Å². The molecule has 84 valence electrons. The van der Waals surface area contributed by atoms with Gasteiger partial charge in [0.15, 0.2) is 5.65 Å². The molecule has 0 aliphatic carbocycles. The number of fused-ring (bicyclic) bond motifs is 1. The summed E-state index contributed by atoms with van der Waals surface area (Å²) in [5.41, 5.74) is 0.837. The molecule has 0 radical (unpaired) electrons. The molecule has 2 atom stereocenters. The number of aromatic nitrogens is 4. The zero-order chi connectivity index (χ0) is 11.0. The van der Waals surface area contributed by atoms with Crippen molar-refractivity contribution in [2.75, 3.05) is 6.54 Å². The Morgan fingerprint density at radius 3 is 3.25 bits per heavy atom. The standard InChI is InChI=1S/C11H15N5/c1-8-6-9(2-3-13-8)11-15-14-10-7-12-4-5-16(10)11/h4-5,7-9,13H,2-3,6H2,1H3. The van der Waals surface area contributed by atoms with Gasteiger partial charge in [0.05, 0.1) is 6.20 Å². The maximum Gasteiger partial charge on any atom is 0.179 e. The Morgan fingerprint density at radius 1 is 1.44 bits per heavy atom. The van der Waals surface area contributed by atoms with Crippen molar-refractivity contribution in [2.24, 2.45) is 0 Å². The van der Waals surface area contributed by atoms with Crippen LogP contribution in [0.15, 0.2) is 18.6 Å². The Labute approximate surface area is 93.9 Å². The first-order valence-corrected chi connectivity index (χ1v) is 5.72. The van der Waals surface area contributed by atoms with Gasteiger partial charge in [-0.2, -0.15) is 0 Å². The van der Waals surface area contributed by atoms with Crippen LogP contribution in [-0.2, 0) is 0 Å². The zero-order valence-corrected chi connectivity index (χ0v) is 9.30. The number of rotatable bonds is 1. The van der Waals surface area contributed by atoms with Gasteiger partial charge < -0.3 is 5.32 Å². The molecule has 0 aromatic carbocycles. The fourth-order valence-corrected chi connectivity index (χ4v) is 2.42. The van der Waals surface area contributed by atoms with E-state index in [9.17, 15) is 0 Å². The first-order chi connectivity index (χ1) is 7.84. The summed E-state index contributed by atoms with van der Waals surface area (Å²) in [6.07, 6.45) is 7.74. The van der Waals surface area contributed by atoms with E-state index < -0.39 is 0 Å². The molecule has 2 aromatic rings. The first-order valence-electron chi connectivity index (χ1n) is 5.72. The van der Waals surface area contributed by atoms with Crippen molar-refractivity contribution < 1.29 is 0 Å². The minimum absolute atomic E-state index is 0.508. The maximum atomic E-state index is 4.30. The summed E-state index contributed by atoms with van der Waals surface area (Å²) < 4.78 is 2.05. The SMILES string of the molecule is CC1CC(c2nnc3cnccn23)CCN1. The summed E-state index contributed by atoms with van der Waals surface area (Å²) in [4.78, 5) is 4.05. The van der Waals surface area contributed by atoms with Crippen LogP contribution in [0, 0.1) is 0 Å². The van der Waals surface area contributed by atoms with Crippen molar-refractivity contribution >= 4 is 5.65 Å². The molecule has 0 spiro atoms. The Kier molecular flexibility index (Phi) is 2.32. The van der Waals surface area contributed by atoms with Crippen LogP contribution in [0.3, 0.4) is 0 Å². The molecule has 1 saturated heterocycles. The van der Waals surface area contributed by atoms with E-state index in [-0.39, 0.29) is 0 Å². The van der Waals surface area contributed by atoms with Gasteiger partial charge in [0.1, 0.15) is 5.82 Å². The van der Waals surface area contributed by atoms with Crippen LogP contribution in [-0.4, -0.2) is 32.2 Å². The summed E-state index contributed by atoms with van der Waals surface area (Å²) >= 11 is 0. The molecule has 2 unspecified atom stereocenters. The molecular weight excluding hydrogens is 202 g/mol. The average molecular weight is 217 g/mol. The van der Waals surface area contributed by atoms with Crippen LogP contribution in [0.4, 0.5) is 0 Å². The Hall–Kier alpha value is -1.49. The lowest BCUT2D eigenvalue weighted by molar-refractivity contribution is 0.369. The molecule has 1 aliphatic rings. The van der Waals surface area contributed by atoms with E-state index >= 15 is 0 Å². The summed E-state index contributed by atoms with van der Waals surface area (Å²) in [7, 11) is 0. The molecule has 1 fully saturated rings. The molecular formula is C11H15N5. The van der Waals surface area contributed by atoms with Gasteiger partial charge in [0.25, 0.3) is 0 Å². The molecule has 5 nitrogen and oxygen atoms in total. The third kappa shape index (κ3) is 1.57. The number of hydrogen-bond donors (Lipinski definition) is 1. The quantitative estimate of drug-likeness (QED) is 0.773. The second-order valence-electron chi connectivity index (χ2n) is 4.44. The van der Waals surface area contributed by atoms with Crippen molar-refractivity contribution in [1.29, 1.82) is 0 Å². The predicted octanol–water partition coefficient (Wildman–Crippen LogP) is 0.980. The van der Waals surface area contributed by atoms with Crippen LogP contribution in [0.5, 0.6) is 0 Å². The van der Waals surface area contributed by atoms with Crippen LogP contribution in [0.1, 0.15) is 31.5 Å². The fourth-order valence-electron chi connectivity index (χ4n) is 2.42. The lowest BCUT2D eigenvalue weighted by Gasteiger charge is -2.26. The Bertz CT molecular complexity index is 492. The molecule has 0 bridgehead atoms. The van der Waals surface area contributed by atoms with E-state index in [1.807, 2.05) is 6.20 Å². The minimum atomic E-state index is 0.508. The van der Waals surface area contributed by atoms with Gasteiger partial charge >= 0.3 is 0 Å². The molecule has 1 aliphatic heterocycles. The number of hydrogen-bond acceptors (Lipinski definition) is 4. The van der Waals surface area contributed by atoms with Crippen LogP contribution in [0.2, 0.25) is 0 Å². The molecule has 0 saturated carbocycles. The second kappa shape index (κ2) is 3.83. The largest absolute Gasteiger partial charge is 0.314 e. The molecule has 0 amide bonds.